The molecule has 0 atom stereocenters. The highest BCUT2D eigenvalue weighted by atomic mass is 35.5. The number of nitrogens with zero attached hydrogens (tertiary/aromatic N) is 2. The molecule has 0 amide bonds. The van der Waals surface area contributed by atoms with Crippen LogP contribution < -0.4 is 0 Å². The Bertz CT molecular complexity index is 446. The SMILES string of the molecule is Oc1cccc(Cl)c1CN1CCC(N2CCCCC2)CC1. The monoisotopic (exact) mass is 308 g/mol. The number of aromatic hydroxyl groups is 1. The predicted molar refractivity (Wildman–Crippen MR) is 86.8 cm³/mol. The van der Waals surface area contributed by atoms with Crippen molar-refractivity contribution in [2.75, 3.05) is 26.2 Å². The number of phenols is 1. The third-order valence-corrected chi connectivity index (χ3v) is 5.29. The molecule has 2 fully saturated rings. The number of hydrogen-bond acceptors (Lipinski definition) is 3. The number of hydrogen-bond donors (Lipinski definition) is 1. The first-order valence-electron chi connectivity index (χ1n) is 8.17. The first-order valence-corrected chi connectivity index (χ1v) is 8.54. The smallest absolute Gasteiger partial charge is 0.121 e. The number of halogens is 1. The first-order chi connectivity index (χ1) is 10.2. The van der Waals surface area contributed by atoms with Gasteiger partial charge in [-0.3, -0.25) is 4.90 Å². The highest BCUT2D eigenvalue weighted by Gasteiger charge is 2.26. The van der Waals surface area contributed by atoms with Gasteiger partial charge in [-0.05, 0) is 64.0 Å². The second kappa shape index (κ2) is 6.99. The highest BCUT2D eigenvalue weighted by molar-refractivity contribution is 6.31. The van der Waals surface area contributed by atoms with E-state index in [1.54, 1.807) is 12.1 Å². The third kappa shape index (κ3) is 3.71. The molecule has 2 aliphatic heterocycles. The molecule has 116 valence electrons. The fraction of sp³-hybridized carbons (Fsp3) is 0.647. The summed E-state index contributed by atoms with van der Waals surface area (Å²) < 4.78 is 0. The van der Waals surface area contributed by atoms with Crippen molar-refractivity contribution in [3.05, 3.63) is 28.8 Å². The molecule has 1 N–H and O–H groups in total. The standard InChI is InChI=1S/C17H25ClN2O/c18-16-5-4-6-17(21)15(16)13-19-11-7-14(8-12-19)20-9-2-1-3-10-20/h4-6,14,21H,1-3,7-13H2. The highest BCUT2D eigenvalue weighted by Crippen LogP contribution is 2.28. The Morgan fingerprint density at radius 1 is 1.05 bits per heavy atom. The van der Waals surface area contributed by atoms with Crippen LogP contribution in [-0.2, 0) is 6.54 Å². The van der Waals surface area contributed by atoms with E-state index >= 15 is 0 Å². The van der Waals surface area contributed by atoms with Gasteiger partial charge in [-0.15, -0.1) is 0 Å². The van der Waals surface area contributed by atoms with Crippen LogP contribution >= 0.6 is 11.6 Å². The van der Waals surface area contributed by atoms with Gasteiger partial charge in [-0.1, -0.05) is 24.1 Å². The molecule has 3 nitrogen and oxygen atoms in total. The summed E-state index contributed by atoms with van der Waals surface area (Å²) in [6, 6.07) is 6.14. The summed E-state index contributed by atoms with van der Waals surface area (Å²) in [7, 11) is 0. The molecular weight excluding hydrogens is 284 g/mol. The van der Waals surface area contributed by atoms with E-state index in [0.717, 1.165) is 31.2 Å². The Labute approximate surface area is 132 Å². The van der Waals surface area contributed by atoms with E-state index in [4.69, 9.17) is 11.6 Å². The molecule has 0 radical (unpaired) electrons. The largest absolute Gasteiger partial charge is 0.508 e. The lowest BCUT2D eigenvalue weighted by molar-refractivity contribution is 0.0893. The van der Waals surface area contributed by atoms with E-state index in [1.165, 1.54) is 45.2 Å². The lowest BCUT2D eigenvalue weighted by Gasteiger charge is -2.40. The van der Waals surface area contributed by atoms with Crippen LogP contribution in [0.3, 0.4) is 0 Å². The van der Waals surface area contributed by atoms with E-state index < -0.39 is 0 Å². The van der Waals surface area contributed by atoms with Crippen LogP contribution in [0.4, 0.5) is 0 Å². The number of piperidine rings is 2. The fourth-order valence-electron chi connectivity index (χ4n) is 3.65. The average molecular weight is 309 g/mol. The summed E-state index contributed by atoms with van der Waals surface area (Å²) in [6.45, 7) is 5.54. The van der Waals surface area contributed by atoms with Crippen LogP contribution in [-0.4, -0.2) is 47.1 Å². The first kappa shape index (κ1) is 15.1. The van der Waals surface area contributed by atoms with Gasteiger partial charge in [-0.25, -0.2) is 0 Å². The molecule has 21 heavy (non-hydrogen) atoms. The zero-order valence-corrected chi connectivity index (χ0v) is 13.4. The Kier molecular flexibility index (Phi) is 5.04. The molecular formula is C17H25ClN2O. The molecule has 0 unspecified atom stereocenters. The molecule has 4 heteroatoms. The summed E-state index contributed by atoms with van der Waals surface area (Å²) in [6.07, 6.45) is 6.62. The maximum atomic E-state index is 9.96. The lowest BCUT2D eigenvalue weighted by atomic mass is 9.99. The van der Waals surface area contributed by atoms with Crippen LogP contribution in [0.15, 0.2) is 18.2 Å². The van der Waals surface area contributed by atoms with E-state index in [2.05, 4.69) is 9.80 Å². The van der Waals surface area contributed by atoms with Crippen molar-refractivity contribution in [3.63, 3.8) is 0 Å². The van der Waals surface area contributed by atoms with Gasteiger partial charge in [0.05, 0.1) is 0 Å². The molecule has 2 aliphatic rings. The van der Waals surface area contributed by atoms with Crippen LogP contribution in [0, 0.1) is 0 Å². The normalized spacial score (nSPS) is 22.5. The molecule has 3 rings (SSSR count). The summed E-state index contributed by atoms with van der Waals surface area (Å²) in [5.74, 6) is 0.320. The maximum absolute atomic E-state index is 9.96. The van der Waals surface area contributed by atoms with Gasteiger partial charge in [-0.2, -0.15) is 0 Å². The van der Waals surface area contributed by atoms with Crippen molar-refractivity contribution in [2.45, 2.75) is 44.7 Å². The number of phenolic OH excluding ortho intramolecular Hbond substituents is 1. The molecule has 0 aliphatic carbocycles. The molecule has 1 aromatic carbocycles. The summed E-state index contributed by atoms with van der Waals surface area (Å²) in [5.41, 5.74) is 0.871. The zero-order valence-electron chi connectivity index (χ0n) is 12.6. The molecule has 1 aromatic rings. The van der Waals surface area contributed by atoms with Gasteiger partial charge in [0.1, 0.15) is 5.75 Å². The fourth-order valence-corrected chi connectivity index (χ4v) is 3.88. The minimum Gasteiger partial charge on any atom is -0.508 e. The Balaban J connectivity index is 1.54. The van der Waals surface area contributed by atoms with Gasteiger partial charge in [0.15, 0.2) is 0 Å². The van der Waals surface area contributed by atoms with Crippen LogP contribution in [0.5, 0.6) is 5.75 Å². The van der Waals surface area contributed by atoms with E-state index in [9.17, 15) is 5.11 Å². The van der Waals surface area contributed by atoms with Crippen LogP contribution in [0.2, 0.25) is 5.02 Å². The second-order valence-corrected chi connectivity index (χ2v) is 6.75. The summed E-state index contributed by atoms with van der Waals surface area (Å²) >= 11 is 6.20. The predicted octanol–water partition coefficient (Wildman–Crippen LogP) is 3.50. The van der Waals surface area contributed by atoms with E-state index in [1.807, 2.05) is 6.07 Å². The number of likely N-dealkylation sites (tertiary alicyclic amines) is 2. The lowest BCUT2D eigenvalue weighted by Crippen LogP contribution is -2.46. The van der Waals surface area contributed by atoms with Gasteiger partial charge in [0, 0.05) is 23.2 Å². The van der Waals surface area contributed by atoms with Crippen molar-refractivity contribution in [3.8, 4) is 5.75 Å². The van der Waals surface area contributed by atoms with E-state index in [0.29, 0.717) is 10.8 Å². The number of rotatable bonds is 3. The van der Waals surface area contributed by atoms with Crippen LogP contribution in [0.25, 0.3) is 0 Å². The Hall–Kier alpha value is -0.770. The minimum atomic E-state index is 0.320. The van der Waals surface area contributed by atoms with Gasteiger partial charge in [0.25, 0.3) is 0 Å². The van der Waals surface area contributed by atoms with Crippen molar-refractivity contribution < 1.29 is 5.11 Å². The minimum absolute atomic E-state index is 0.320. The number of benzene rings is 1. The van der Waals surface area contributed by atoms with Gasteiger partial charge >= 0.3 is 0 Å². The Morgan fingerprint density at radius 2 is 1.76 bits per heavy atom. The quantitative estimate of drug-likeness (QED) is 0.926. The molecule has 0 saturated carbocycles. The maximum Gasteiger partial charge on any atom is 0.121 e. The second-order valence-electron chi connectivity index (χ2n) is 6.34. The van der Waals surface area contributed by atoms with Crippen molar-refractivity contribution in [1.82, 2.24) is 9.80 Å². The summed E-state index contributed by atoms with van der Waals surface area (Å²) in [4.78, 5) is 5.11. The summed E-state index contributed by atoms with van der Waals surface area (Å²) in [5, 5.41) is 10.6. The molecule has 2 heterocycles. The topological polar surface area (TPSA) is 26.7 Å². The van der Waals surface area contributed by atoms with Gasteiger partial charge < -0.3 is 10.0 Å². The average Bonchev–Trinajstić information content (AvgIpc) is 2.53. The van der Waals surface area contributed by atoms with E-state index in [-0.39, 0.29) is 0 Å². The van der Waals surface area contributed by atoms with Crippen molar-refractivity contribution in [1.29, 1.82) is 0 Å². The van der Waals surface area contributed by atoms with Crippen molar-refractivity contribution in [2.24, 2.45) is 0 Å². The molecule has 0 bridgehead atoms. The molecule has 0 aromatic heterocycles. The third-order valence-electron chi connectivity index (χ3n) is 4.94. The van der Waals surface area contributed by atoms with Crippen LogP contribution in [0.1, 0.15) is 37.7 Å². The van der Waals surface area contributed by atoms with Crippen molar-refractivity contribution >= 4 is 11.6 Å². The Morgan fingerprint density at radius 3 is 2.43 bits per heavy atom. The van der Waals surface area contributed by atoms with Gasteiger partial charge in [0.2, 0.25) is 0 Å². The molecule has 0 spiro atoms. The zero-order chi connectivity index (χ0) is 14.7. The molecule has 2 saturated heterocycles.